The second-order valence-corrected chi connectivity index (χ2v) is 7.36. The van der Waals surface area contributed by atoms with Gasteiger partial charge in [0.2, 0.25) is 5.78 Å². The lowest BCUT2D eigenvalue weighted by molar-refractivity contribution is 0.0739. The smallest absolute Gasteiger partial charge is 0.353 e. The molecule has 2 heterocycles. The van der Waals surface area contributed by atoms with E-state index in [-0.39, 0.29) is 17.3 Å². The van der Waals surface area contributed by atoms with E-state index in [0.29, 0.717) is 39.0 Å². The van der Waals surface area contributed by atoms with Crippen molar-refractivity contribution in [3.63, 3.8) is 0 Å². The van der Waals surface area contributed by atoms with Crippen molar-refractivity contribution in [2.75, 3.05) is 21.3 Å². The van der Waals surface area contributed by atoms with Crippen LogP contribution in [0.25, 0.3) is 6.08 Å². The molecule has 0 bridgehead atoms. The molecule has 31 heavy (non-hydrogen) atoms. The highest BCUT2D eigenvalue weighted by Crippen LogP contribution is 2.39. The minimum atomic E-state index is -0.467. The maximum atomic E-state index is 12.8. The molecule has 158 valence electrons. The van der Waals surface area contributed by atoms with Crippen molar-refractivity contribution >= 4 is 29.2 Å². The van der Waals surface area contributed by atoms with Crippen LogP contribution in [0.5, 0.6) is 28.7 Å². The van der Waals surface area contributed by atoms with Crippen LogP contribution in [0.2, 0.25) is 0 Å². The summed E-state index contributed by atoms with van der Waals surface area (Å²) in [5.74, 6) is 1.43. The molecule has 0 saturated carbocycles. The first-order chi connectivity index (χ1) is 15.0. The third-order valence-electron chi connectivity index (χ3n) is 4.60. The van der Waals surface area contributed by atoms with Crippen LogP contribution < -0.4 is 23.7 Å². The lowest BCUT2D eigenvalue weighted by Gasteiger charge is -2.12. The van der Waals surface area contributed by atoms with Crippen molar-refractivity contribution in [2.24, 2.45) is 0 Å². The van der Waals surface area contributed by atoms with E-state index in [9.17, 15) is 9.59 Å². The highest BCUT2D eigenvalue weighted by molar-refractivity contribution is 7.12. The van der Waals surface area contributed by atoms with Gasteiger partial charge in [-0.1, -0.05) is 6.07 Å². The summed E-state index contributed by atoms with van der Waals surface area (Å²) in [6.07, 6.45) is 1.57. The molecule has 0 spiro atoms. The second-order valence-electron chi connectivity index (χ2n) is 6.41. The summed E-state index contributed by atoms with van der Waals surface area (Å²) in [5, 5.41) is 1.79. The van der Waals surface area contributed by atoms with Crippen LogP contribution in [0.1, 0.15) is 25.6 Å². The van der Waals surface area contributed by atoms with Crippen molar-refractivity contribution in [1.82, 2.24) is 0 Å². The Bertz CT molecular complexity index is 1180. The van der Waals surface area contributed by atoms with Gasteiger partial charge in [-0.05, 0) is 35.7 Å². The van der Waals surface area contributed by atoms with Crippen molar-refractivity contribution < 1.29 is 33.3 Å². The molecule has 1 aliphatic heterocycles. The average molecular weight is 438 g/mol. The number of ether oxygens (including phenoxy) is 5. The summed E-state index contributed by atoms with van der Waals surface area (Å²) in [7, 11) is 4.56. The Kier molecular flexibility index (Phi) is 5.64. The van der Waals surface area contributed by atoms with Crippen LogP contribution in [0.15, 0.2) is 53.6 Å². The second kappa shape index (κ2) is 8.53. The maximum Gasteiger partial charge on any atom is 0.353 e. The Morgan fingerprint density at radius 2 is 1.71 bits per heavy atom. The summed E-state index contributed by atoms with van der Waals surface area (Å²) in [6.45, 7) is 0. The van der Waals surface area contributed by atoms with E-state index in [2.05, 4.69) is 0 Å². The third-order valence-corrected chi connectivity index (χ3v) is 5.45. The van der Waals surface area contributed by atoms with Crippen LogP contribution in [0.3, 0.4) is 0 Å². The number of hydrogen-bond donors (Lipinski definition) is 0. The Hall–Kier alpha value is -3.78. The average Bonchev–Trinajstić information content (AvgIpc) is 3.42. The molecule has 0 N–H and O–H groups in total. The molecular formula is C23H18O7S. The predicted octanol–water partition coefficient (Wildman–Crippen LogP) is 4.61. The molecule has 3 aromatic rings. The van der Waals surface area contributed by atoms with Gasteiger partial charge in [-0.2, -0.15) is 0 Å². The maximum absolute atomic E-state index is 12.8. The summed E-state index contributed by atoms with van der Waals surface area (Å²) in [6, 6.07) is 11.5. The summed E-state index contributed by atoms with van der Waals surface area (Å²) in [5.41, 5.74) is 0.960. The van der Waals surface area contributed by atoms with Crippen LogP contribution in [0, 0.1) is 0 Å². The minimum absolute atomic E-state index is 0.113. The topological polar surface area (TPSA) is 80.3 Å². The number of rotatable bonds is 6. The Morgan fingerprint density at radius 1 is 0.968 bits per heavy atom. The van der Waals surface area contributed by atoms with Gasteiger partial charge in [0.15, 0.2) is 17.3 Å². The van der Waals surface area contributed by atoms with Gasteiger partial charge in [-0.25, -0.2) is 4.79 Å². The molecule has 0 unspecified atom stereocenters. The number of hydrogen-bond acceptors (Lipinski definition) is 8. The van der Waals surface area contributed by atoms with Gasteiger partial charge in [-0.3, -0.25) is 4.79 Å². The van der Waals surface area contributed by atoms with Crippen molar-refractivity contribution in [3.05, 3.63) is 69.6 Å². The van der Waals surface area contributed by atoms with Crippen molar-refractivity contribution in [3.8, 4) is 28.7 Å². The number of allylic oxidation sites excluding steroid dienone is 1. The van der Waals surface area contributed by atoms with Gasteiger partial charge in [0.1, 0.15) is 22.1 Å². The van der Waals surface area contributed by atoms with E-state index in [1.807, 2.05) is 0 Å². The molecular weight excluding hydrogens is 420 g/mol. The molecule has 0 fully saturated rings. The minimum Gasteiger partial charge on any atom is -0.496 e. The lowest BCUT2D eigenvalue weighted by atomic mass is 10.1. The van der Waals surface area contributed by atoms with E-state index in [1.165, 1.54) is 38.7 Å². The van der Waals surface area contributed by atoms with Gasteiger partial charge in [-0.15, -0.1) is 11.3 Å². The first-order valence-electron chi connectivity index (χ1n) is 9.18. The normalized spacial score (nSPS) is 13.5. The van der Waals surface area contributed by atoms with E-state index >= 15 is 0 Å². The molecule has 1 aliphatic rings. The van der Waals surface area contributed by atoms with Crippen LogP contribution in [-0.2, 0) is 0 Å². The first kappa shape index (κ1) is 20.5. The zero-order valence-corrected chi connectivity index (χ0v) is 17.8. The summed E-state index contributed by atoms with van der Waals surface area (Å²) in [4.78, 5) is 25.4. The fraction of sp³-hybridized carbons (Fsp3) is 0.130. The highest BCUT2D eigenvalue weighted by Gasteiger charge is 2.29. The fourth-order valence-corrected chi connectivity index (χ4v) is 3.69. The molecule has 0 amide bonds. The molecule has 0 aliphatic carbocycles. The number of ketones is 1. The van der Waals surface area contributed by atoms with Crippen LogP contribution in [0.4, 0.5) is 0 Å². The van der Waals surface area contributed by atoms with E-state index in [1.54, 1.807) is 47.9 Å². The number of carbonyl (C=O) groups excluding carboxylic acids is 2. The number of benzene rings is 2. The first-order valence-corrected chi connectivity index (χ1v) is 10.1. The van der Waals surface area contributed by atoms with E-state index in [4.69, 9.17) is 23.7 Å². The molecule has 7 nitrogen and oxygen atoms in total. The fourth-order valence-electron chi connectivity index (χ4n) is 3.09. The van der Waals surface area contributed by atoms with Gasteiger partial charge in [0.25, 0.3) is 0 Å². The Morgan fingerprint density at radius 3 is 2.39 bits per heavy atom. The zero-order valence-electron chi connectivity index (χ0n) is 17.0. The highest BCUT2D eigenvalue weighted by atomic mass is 32.1. The molecule has 4 rings (SSSR count). The molecule has 0 radical (unpaired) electrons. The molecule has 0 saturated heterocycles. The number of thiophene rings is 1. The van der Waals surface area contributed by atoms with Crippen molar-refractivity contribution in [1.29, 1.82) is 0 Å². The SMILES string of the molecule is COc1cc(OC)c(OC)cc1C=C1Oc2cc(OC(=O)c3cccs3)ccc2C1=O. The summed E-state index contributed by atoms with van der Waals surface area (Å²) >= 11 is 1.29. The number of methoxy groups -OCH3 is 3. The van der Waals surface area contributed by atoms with Gasteiger partial charge in [0.05, 0.1) is 26.9 Å². The number of esters is 1. The van der Waals surface area contributed by atoms with Crippen LogP contribution in [-0.4, -0.2) is 33.1 Å². The van der Waals surface area contributed by atoms with Gasteiger partial charge in [0, 0.05) is 17.7 Å². The van der Waals surface area contributed by atoms with Crippen molar-refractivity contribution in [2.45, 2.75) is 0 Å². The monoisotopic (exact) mass is 438 g/mol. The Balaban J connectivity index is 1.62. The number of carbonyl (C=O) groups is 2. The summed E-state index contributed by atoms with van der Waals surface area (Å²) < 4.78 is 27.2. The van der Waals surface area contributed by atoms with E-state index < -0.39 is 5.97 Å². The van der Waals surface area contributed by atoms with E-state index in [0.717, 1.165) is 0 Å². The molecule has 8 heteroatoms. The number of fused-ring (bicyclic) bond motifs is 1. The third kappa shape index (κ3) is 3.97. The van der Waals surface area contributed by atoms with Gasteiger partial charge >= 0.3 is 5.97 Å². The number of Topliss-reactive ketones (excluding diaryl/α,β-unsaturated/α-hetero) is 1. The molecule has 0 atom stereocenters. The largest absolute Gasteiger partial charge is 0.496 e. The molecule has 1 aromatic heterocycles. The van der Waals surface area contributed by atoms with Gasteiger partial charge < -0.3 is 23.7 Å². The zero-order chi connectivity index (χ0) is 22.0. The lowest BCUT2D eigenvalue weighted by Crippen LogP contribution is -2.06. The Labute approximate surface area is 182 Å². The molecule has 2 aromatic carbocycles. The van der Waals surface area contributed by atoms with Crippen LogP contribution >= 0.6 is 11.3 Å². The predicted molar refractivity (Wildman–Crippen MR) is 115 cm³/mol. The quantitative estimate of drug-likeness (QED) is 0.316. The standard InChI is InChI=1S/C23H18O7S/c1-26-16-12-19(28-3)18(27-2)9-13(16)10-20-22(24)15-7-6-14(11-17(15)30-20)29-23(25)21-5-4-8-31-21/h4-12H,1-3H3.